The number of aromatic nitrogens is 1. The predicted octanol–water partition coefficient (Wildman–Crippen LogP) is 11.5. The van der Waals surface area contributed by atoms with Gasteiger partial charge in [-0.25, -0.2) is 0 Å². The first kappa shape index (κ1) is 25.7. The van der Waals surface area contributed by atoms with E-state index in [9.17, 15) is 0 Å². The predicted molar refractivity (Wildman–Crippen MR) is 191 cm³/mol. The monoisotopic (exact) mass is 598 g/mol. The zero-order chi connectivity index (χ0) is 29.5. The molecule has 1 aliphatic heterocycles. The second kappa shape index (κ2) is 9.95. The van der Waals surface area contributed by atoms with Gasteiger partial charge in [-0.1, -0.05) is 78.4 Å². The van der Waals surface area contributed by atoms with Crippen LogP contribution in [0.1, 0.15) is 54.8 Å². The van der Waals surface area contributed by atoms with Crippen molar-refractivity contribution < 1.29 is 0 Å². The molecule has 2 unspecified atom stereocenters. The fourth-order valence-corrected chi connectivity index (χ4v) is 9.65. The van der Waals surface area contributed by atoms with E-state index in [-0.39, 0.29) is 0 Å². The van der Waals surface area contributed by atoms with Gasteiger partial charge in [-0.2, -0.15) is 0 Å². The lowest BCUT2D eigenvalue weighted by atomic mass is 9.78. The van der Waals surface area contributed by atoms with E-state index >= 15 is 0 Å². The first-order chi connectivity index (χ1) is 22.3. The molecular formula is C42H34N2S. The molecule has 2 aromatic heterocycles. The lowest BCUT2D eigenvalue weighted by Gasteiger charge is -2.31. The lowest BCUT2D eigenvalue weighted by Crippen LogP contribution is -2.23. The maximum absolute atomic E-state index is 2.60. The molecule has 45 heavy (non-hydrogen) atoms. The molecule has 0 saturated heterocycles. The van der Waals surface area contributed by atoms with Crippen molar-refractivity contribution in [3.8, 4) is 5.69 Å². The Morgan fingerprint density at radius 1 is 0.733 bits per heavy atom. The minimum absolute atomic E-state index is 0.410. The van der Waals surface area contributed by atoms with Gasteiger partial charge in [0.05, 0.1) is 5.52 Å². The first-order valence-electron chi connectivity index (χ1n) is 16.5. The molecule has 3 aliphatic carbocycles. The summed E-state index contributed by atoms with van der Waals surface area (Å²) in [6.07, 6.45) is 19.4. The highest BCUT2D eigenvalue weighted by Crippen LogP contribution is 2.52. The summed E-state index contributed by atoms with van der Waals surface area (Å²) in [7, 11) is 0. The molecule has 0 spiro atoms. The SMILES string of the molecule is C1=CC(C2=CC=C3C(C2)c2ccccc2N3C2=CCCCC2)Cc2c1n(-c1ccc3sc4ccccc4c3c1)c1ccccc21. The van der Waals surface area contributed by atoms with Crippen LogP contribution in [0.5, 0.6) is 0 Å². The van der Waals surface area contributed by atoms with Crippen LogP contribution in [0.4, 0.5) is 5.69 Å². The van der Waals surface area contributed by atoms with Crippen LogP contribution in [0.25, 0.3) is 42.8 Å². The molecule has 4 aromatic carbocycles. The molecule has 0 amide bonds. The van der Waals surface area contributed by atoms with Crippen LogP contribution in [-0.2, 0) is 6.42 Å². The largest absolute Gasteiger partial charge is 0.317 e. The van der Waals surface area contributed by atoms with Crippen LogP contribution < -0.4 is 4.90 Å². The van der Waals surface area contributed by atoms with Crippen molar-refractivity contribution >= 4 is 54.2 Å². The van der Waals surface area contributed by atoms with E-state index < -0.39 is 0 Å². The molecule has 0 saturated carbocycles. The maximum Gasteiger partial charge on any atom is 0.0537 e. The van der Waals surface area contributed by atoms with Crippen molar-refractivity contribution in [2.24, 2.45) is 5.92 Å². The van der Waals surface area contributed by atoms with Gasteiger partial charge in [-0.15, -0.1) is 11.3 Å². The van der Waals surface area contributed by atoms with E-state index in [4.69, 9.17) is 0 Å². The number of hydrogen-bond donors (Lipinski definition) is 0. The number of nitrogens with zero attached hydrogens (tertiary/aromatic N) is 2. The summed E-state index contributed by atoms with van der Waals surface area (Å²) in [6, 6.07) is 34.0. The van der Waals surface area contributed by atoms with Gasteiger partial charge in [0, 0.05) is 65.9 Å². The molecule has 2 nitrogen and oxygen atoms in total. The summed E-state index contributed by atoms with van der Waals surface area (Å²) in [5.41, 5.74) is 12.8. The zero-order valence-corrected chi connectivity index (χ0v) is 26.1. The molecule has 6 aromatic rings. The van der Waals surface area contributed by atoms with Gasteiger partial charge in [0.2, 0.25) is 0 Å². The molecule has 0 radical (unpaired) electrons. The summed E-state index contributed by atoms with van der Waals surface area (Å²) in [6.45, 7) is 0. The summed E-state index contributed by atoms with van der Waals surface area (Å²) in [4.78, 5) is 2.60. The van der Waals surface area contributed by atoms with Crippen LogP contribution in [0.15, 0.2) is 132 Å². The number of thiophene rings is 1. The Hall–Kier alpha value is -4.60. The molecule has 2 atom stereocenters. The molecule has 4 aliphatic rings. The molecule has 218 valence electrons. The van der Waals surface area contributed by atoms with Gasteiger partial charge in [-0.05, 0) is 98.2 Å². The van der Waals surface area contributed by atoms with Gasteiger partial charge in [-0.3, -0.25) is 0 Å². The maximum atomic E-state index is 2.60. The smallest absolute Gasteiger partial charge is 0.0537 e. The van der Waals surface area contributed by atoms with Gasteiger partial charge in [0.1, 0.15) is 0 Å². The highest BCUT2D eigenvalue weighted by Gasteiger charge is 2.38. The Labute approximate surface area is 267 Å². The number of allylic oxidation sites excluding steroid dienone is 7. The Morgan fingerprint density at radius 3 is 2.51 bits per heavy atom. The third-order valence-electron chi connectivity index (χ3n) is 10.7. The van der Waals surface area contributed by atoms with Crippen molar-refractivity contribution in [2.75, 3.05) is 4.90 Å². The minimum atomic E-state index is 0.410. The first-order valence-corrected chi connectivity index (χ1v) is 17.3. The number of para-hydroxylation sites is 2. The molecule has 0 bridgehead atoms. The van der Waals surface area contributed by atoms with Crippen molar-refractivity contribution in [2.45, 2.75) is 44.4 Å². The number of rotatable bonds is 3. The third-order valence-corrected chi connectivity index (χ3v) is 11.8. The molecule has 0 N–H and O–H groups in total. The van der Waals surface area contributed by atoms with Gasteiger partial charge in [0.25, 0.3) is 0 Å². The standard InChI is InChI=1S/C42H34N2S/c1-2-10-29(11-3-1)43-37-15-7-4-12-31(37)34-24-27(18-21-39(34)43)28-19-22-40-35(25-28)32-13-5-8-16-38(32)44(40)30-20-23-42-36(26-30)33-14-6-9-17-41(33)45-42/h4-10,12-23,26,28,34H,1-3,11,24-25H2. The van der Waals surface area contributed by atoms with Gasteiger partial charge >= 0.3 is 0 Å². The minimum Gasteiger partial charge on any atom is -0.317 e. The number of fused-ring (bicyclic) bond motifs is 9. The Balaban J connectivity index is 1.05. The quantitative estimate of drug-likeness (QED) is 0.197. The van der Waals surface area contributed by atoms with E-state index in [2.05, 4.69) is 131 Å². The average molecular weight is 599 g/mol. The van der Waals surface area contributed by atoms with Gasteiger partial charge in [0.15, 0.2) is 0 Å². The topological polar surface area (TPSA) is 8.17 Å². The summed E-state index contributed by atoms with van der Waals surface area (Å²) in [5.74, 6) is 0.847. The van der Waals surface area contributed by atoms with Crippen molar-refractivity contribution in [1.29, 1.82) is 0 Å². The molecular weight excluding hydrogens is 565 g/mol. The number of anilines is 1. The van der Waals surface area contributed by atoms with E-state index in [0.29, 0.717) is 11.8 Å². The normalized spacial score (nSPS) is 20.6. The van der Waals surface area contributed by atoms with Crippen molar-refractivity contribution in [1.82, 2.24) is 4.57 Å². The molecule has 0 fully saturated rings. The van der Waals surface area contributed by atoms with Gasteiger partial charge < -0.3 is 9.47 Å². The number of hydrogen-bond acceptors (Lipinski definition) is 2. The van der Waals surface area contributed by atoms with Crippen LogP contribution >= 0.6 is 11.3 Å². The molecule has 3 heterocycles. The summed E-state index contributed by atoms with van der Waals surface area (Å²) in [5, 5.41) is 4.08. The third kappa shape index (κ3) is 3.87. The van der Waals surface area contributed by atoms with Crippen molar-refractivity contribution in [3.63, 3.8) is 0 Å². The van der Waals surface area contributed by atoms with Crippen molar-refractivity contribution in [3.05, 3.63) is 149 Å². The fraction of sp³-hybridized carbons (Fsp3) is 0.190. The highest BCUT2D eigenvalue weighted by molar-refractivity contribution is 7.25. The van der Waals surface area contributed by atoms with E-state index in [0.717, 1.165) is 12.8 Å². The zero-order valence-electron chi connectivity index (χ0n) is 25.2. The van der Waals surface area contributed by atoms with Crippen LogP contribution in [0.2, 0.25) is 0 Å². The molecule has 3 heteroatoms. The van der Waals surface area contributed by atoms with E-state index in [1.54, 1.807) is 5.57 Å². The Morgan fingerprint density at radius 2 is 1.58 bits per heavy atom. The number of benzene rings is 4. The van der Waals surface area contributed by atoms with E-state index in [1.165, 1.54) is 96.3 Å². The van der Waals surface area contributed by atoms with Crippen LogP contribution in [0.3, 0.4) is 0 Å². The Bertz CT molecular complexity index is 2300. The molecule has 10 rings (SSSR count). The average Bonchev–Trinajstić information content (AvgIpc) is 3.75. The Kier molecular flexibility index (Phi) is 5.68. The summed E-state index contributed by atoms with van der Waals surface area (Å²) < 4.78 is 5.21. The van der Waals surface area contributed by atoms with Crippen LogP contribution in [0, 0.1) is 5.92 Å². The van der Waals surface area contributed by atoms with E-state index in [1.807, 2.05) is 11.3 Å². The van der Waals surface area contributed by atoms with Crippen LogP contribution in [-0.4, -0.2) is 4.57 Å². The second-order valence-electron chi connectivity index (χ2n) is 13.1. The summed E-state index contributed by atoms with van der Waals surface area (Å²) >= 11 is 1.89. The lowest BCUT2D eigenvalue weighted by molar-refractivity contribution is 0.646. The fourth-order valence-electron chi connectivity index (χ4n) is 8.56. The highest BCUT2D eigenvalue weighted by atomic mass is 32.1. The second-order valence-corrected chi connectivity index (χ2v) is 14.2.